The van der Waals surface area contributed by atoms with Gasteiger partial charge in [-0.2, -0.15) is 0 Å². The molecule has 114 valence electrons. The molecular formula is C14H19N3O4. The Balaban J connectivity index is 2.24. The van der Waals surface area contributed by atoms with E-state index in [1.807, 2.05) is 0 Å². The summed E-state index contributed by atoms with van der Waals surface area (Å²) in [6.45, 7) is 0. The quantitative estimate of drug-likeness (QED) is 0.645. The van der Waals surface area contributed by atoms with E-state index in [4.69, 9.17) is 0 Å². The van der Waals surface area contributed by atoms with E-state index in [1.54, 1.807) is 6.07 Å². The van der Waals surface area contributed by atoms with Crippen molar-refractivity contribution in [3.8, 4) is 0 Å². The molecule has 0 amide bonds. The van der Waals surface area contributed by atoms with Crippen LogP contribution in [-0.2, 0) is 9.53 Å². The minimum atomic E-state index is -1.03. The van der Waals surface area contributed by atoms with Gasteiger partial charge in [0, 0.05) is 6.20 Å². The van der Waals surface area contributed by atoms with E-state index >= 15 is 0 Å². The van der Waals surface area contributed by atoms with Crippen LogP contribution in [0.4, 0.5) is 5.82 Å². The molecule has 21 heavy (non-hydrogen) atoms. The Morgan fingerprint density at radius 1 is 1.29 bits per heavy atom. The van der Waals surface area contributed by atoms with Gasteiger partial charge in [0.2, 0.25) is 5.82 Å². The van der Waals surface area contributed by atoms with E-state index < -0.39 is 17.5 Å². The normalized spacial score (nSPS) is 17.6. The Morgan fingerprint density at radius 2 is 1.95 bits per heavy atom. The third-order valence-electron chi connectivity index (χ3n) is 3.76. The van der Waals surface area contributed by atoms with Gasteiger partial charge in [0.05, 0.1) is 7.11 Å². The summed E-state index contributed by atoms with van der Waals surface area (Å²) >= 11 is 0. The van der Waals surface area contributed by atoms with Crippen LogP contribution in [0.15, 0.2) is 12.3 Å². The third-order valence-corrected chi connectivity index (χ3v) is 3.76. The summed E-state index contributed by atoms with van der Waals surface area (Å²) in [6, 6.07) is 1.56. The highest BCUT2D eigenvalue weighted by atomic mass is 16.5. The standard InChI is InChI=1S/C14H19N3O4/c1-21-12(18)11-15-9-6-10(16-11)17-14(13(19)20)7-4-2-3-5-8-14/h6,9H,2-5,7-8H2,1H3,(H,19,20)(H,15,16,17). The highest BCUT2D eigenvalue weighted by Gasteiger charge is 2.39. The zero-order chi connectivity index (χ0) is 15.3. The SMILES string of the molecule is COC(=O)c1nccc(NC2(C(=O)O)CCCCCC2)n1. The summed E-state index contributed by atoms with van der Waals surface area (Å²) in [4.78, 5) is 31.0. The van der Waals surface area contributed by atoms with Crippen LogP contribution in [0.25, 0.3) is 0 Å². The Bertz CT molecular complexity index is 525. The monoisotopic (exact) mass is 293 g/mol. The number of carboxylic acids is 1. The number of carbonyl (C=O) groups is 2. The van der Waals surface area contributed by atoms with Crippen LogP contribution >= 0.6 is 0 Å². The molecule has 1 aliphatic carbocycles. The summed E-state index contributed by atoms with van der Waals surface area (Å²) in [5.74, 6) is -1.29. The maximum Gasteiger partial charge on any atom is 0.376 e. The van der Waals surface area contributed by atoms with Crippen molar-refractivity contribution >= 4 is 17.8 Å². The lowest BCUT2D eigenvalue weighted by molar-refractivity contribution is -0.142. The smallest absolute Gasteiger partial charge is 0.376 e. The largest absolute Gasteiger partial charge is 0.480 e. The molecule has 7 heteroatoms. The Morgan fingerprint density at radius 3 is 2.52 bits per heavy atom. The van der Waals surface area contributed by atoms with Crippen LogP contribution in [0.5, 0.6) is 0 Å². The van der Waals surface area contributed by atoms with Gasteiger partial charge in [-0.3, -0.25) is 0 Å². The van der Waals surface area contributed by atoms with E-state index in [2.05, 4.69) is 20.0 Å². The van der Waals surface area contributed by atoms with E-state index in [-0.39, 0.29) is 5.82 Å². The summed E-state index contributed by atoms with van der Waals surface area (Å²) in [5.41, 5.74) is -1.03. The number of ether oxygens (including phenoxy) is 1. The molecule has 1 heterocycles. The lowest BCUT2D eigenvalue weighted by Crippen LogP contribution is -2.46. The maximum atomic E-state index is 11.7. The first kappa shape index (κ1) is 15.2. The molecule has 7 nitrogen and oxygen atoms in total. The van der Waals surface area contributed by atoms with Gasteiger partial charge in [-0.05, 0) is 18.9 Å². The fourth-order valence-electron chi connectivity index (χ4n) is 2.59. The molecule has 1 aromatic rings. The molecular weight excluding hydrogens is 274 g/mol. The van der Waals surface area contributed by atoms with Crippen molar-refractivity contribution in [1.82, 2.24) is 9.97 Å². The van der Waals surface area contributed by atoms with Gasteiger partial charge in [0.1, 0.15) is 11.4 Å². The number of carboxylic acid groups (broad SMARTS) is 1. The van der Waals surface area contributed by atoms with E-state index in [0.717, 1.165) is 25.7 Å². The highest BCUT2D eigenvalue weighted by molar-refractivity contribution is 5.86. The number of aromatic nitrogens is 2. The molecule has 0 atom stereocenters. The van der Waals surface area contributed by atoms with Crippen LogP contribution in [0.2, 0.25) is 0 Å². The second-order valence-corrected chi connectivity index (χ2v) is 5.18. The van der Waals surface area contributed by atoms with E-state index in [0.29, 0.717) is 18.7 Å². The number of rotatable bonds is 4. The topological polar surface area (TPSA) is 101 Å². The van der Waals surface area contributed by atoms with Crippen molar-refractivity contribution in [3.05, 3.63) is 18.1 Å². The maximum absolute atomic E-state index is 11.7. The number of nitrogens with zero attached hydrogens (tertiary/aromatic N) is 2. The molecule has 0 aliphatic heterocycles. The molecule has 0 radical (unpaired) electrons. The Hall–Kier alpha value is -2.18. The summed E-state index contributed by atoms with van der Waals surface area (Å²) in [7, 11) is 1.25. The lowest BCUT2D eigenvalue weighted by atomic mass is 9.90. The van der Waals surface area contributed by atoms with Gasteiger partial charge in [0.15, 0.2) is 0 Å². The molecule has 0 bridgehead atoms. The van der Waals surface area contributed by atoms with Gasteiger partial charge in [0.25, 0.3) is 0 Å². The number of hydrogen-bond donors (Lipinski definition) is 2. The molecule has 2 rings (SSSR count). The Kier molecular flexibility index (Phi) is 4.72. The molecule has 1 fully saturated rings. The minimum Gasteiger partial charge on any atom is -0.480 e. The number of hydrogen-bond acceptors (Lipinski definition) is 6. The first-order valence-corrected chi connectivity index (χ1v) is 7.00. The van der Waals surface area contributed by atoms with Crippen molar-refractivity contribution in [2.75, 3.05) is 12.4 Å². The lowest BCUT2D eigenvalue weighted by Gasteiger charge is -2.29. The number of esters is 1. The number of anilines is 1. The van der Waals surface area contributed by atoms with Crippen molar-refractivity contribution in [2.24, 2.45) is 0 Å². The molecule has 1 aliphatic rings. The number of nitrogens with one attached hydrogen (secondary N) is 1. The molecule has 0 spiro atoms. The van der Waals surface area contributed by atoms with Crippen LogP contribution in [0.3, 0.4) is 0 Å². The van der Waals surface area contributed by atoms with Gasteiger partial charge < -0.3 is 15.2 Å². The van der Waals surface area contributed by atoms with E-state index in [9.17, 15) is 14.7 Å². The number of methoxy groups -OCH3 is 1. The van der Waals surface area contributed by atoms with Crippen LogP contribution in [0.1, 0.15) is 49.1 Å². The van der Waals surface area contributed by atoms with E-state index in [1.165, 1.54) is 13.3 Å². The summed E-state index contributed by atoms with van der Waals surface area (Å²) in [5, 5.41) is 12.6. The van der Waals surface area contributed by atoms with Gasteiger partial charge in [-0.1, -0.05) is 25.7 Å². The average Bonchev–Trinajstić information content (AvgIpc) is 2.73. The first-order valence-electron chi connectivity index (χ1n) is 7.00. The van der Waals surface area contributed by atoms with Gasteiger partial charge >= 0.3 is 11.9 Å². The molecule has 0 aromatic carbocycles. The third kappa shape index (κ3) is 3.48. The summed E-state index contributed by atoms with van der Waals surface area (Å²) in [6.07, 6.45) is 6.28. The molecule has 0 saturated heterocycles. The zero-order valence-electron chi connectivity index (χ0n) is 12.0. The van der Waals surface area contributed by atoms with Crippen molar-refractivity contribution in [3.63, 3.8) is 0 Å². The molecule has 1 aromatic heterocycles. The van der Waals surface area contributed by atoms with Crippen molar-refractivity contribution < 1.29 is 19.4 Å². The molecule has 2 N–H and O–H groups in total. The summed E-state index contributed by atoms with van der Waals surface area (Å²) < 4.78 is 4.57. The fraction of sp³-hybridized carbons (Fsp3) is 0.571. The van der Waals surface area contributed by atoms with Crippen LogP contribution in [-0.4, -0.2) is 39.7 Å². The second-order valence-electron chi connectivity index (χ2n) is 5.18. The van der Waals surface area contributed by atoms with Crippen LogP contribution < -0.4 is 5.32 Å². The van der Waals surface area contributed by atoms with Gasteiger partial charge in [-0.25, -0.2) is 19.6 Å². The highest BCUT2D eigenvalue weighted by Crippen LogP contribution is 2.30. The number of aliphatic carboxylic acids is 1. The minimum absolute atomic E-state index is 0.0864. The predicted molar refractivity (Wildman–Crippen MR) is 75.1 cm³/mol. The second kappa shape index (κ2) is 6.51. The Labute approximate surface area is 122 Å². The number of carbonyl (C=O) groups excluding carboxylic acids is 1. The van der Waals surface area contributed by atoms with Gasteiger partial charge in [-0.15, -0.1) is 0 Å². The van der Waals surface area contributed by atoms with Crippen LogP contribution in [0, 0.1) is 0 Å². The predicted octanol–water partition coefficient (Wildman–Crippen LogP) is 1.85. The zero-order valence-corrected chi connectivity index (χ0v) is 12.0. The first-order chi connectivity index (χ1) is 10.1. The fourth-order valence-corrected chi connectivity index (χ4v) is 2.59. The molecule has 0 unspecified atom stereocenters. The molecule has 1 saturated carbocycles. The van der Waals surface area contributed by atoms with Crippen molar-refractivity contribution in [2.45, 2.75) is 44.1 Å². The van der Waals surface area contributed by atoms with Crippen molar-refractivity contribution in [1.29, 1.82) is 0 Å². The average molecular weight is 293 g/mol.